The maximum absolute atomic E-state index is 12.8. The smallest absolute Gasteiger partial charge is 0.306 e. The SMILES string of the molecule is CC/C=C\C/C=C\C/C=C\C/C=C\CCC(=O)OCC(COC(=O)CCCCCCC/C=C\CCCCCCC)OC(=O)CCCCCCCCCCCCCCCC. The van der Waals surface area contributed by atoms with Gasteiger partial charge in [-0.15, -0.1) is 0 Å². The molecule has 0 aromatic carbocycles. The molecule has 0 aliphatic carbocycles. The van der Waals surface area contributed by atoms with E-state index in [0.717, 1.165) is 70.6 Å². The average molecular weight is 825 g/mol. The molecule has 59 heavy (non-hydrogen) atoms. The van der Waals surface area contributed by atoms with Gasteiger partial charge in [-0.25, -0.2) is 0 Å². The summed E-state index contributed by atoms with van der Waals surface area (Å²) in [5, 5.41) is 0. The Morgan fingerprint density at radius 3 is 1.14 bits per heavy atom. The molecule has 0 amide bonds. The summed E-state index contributed by atoms with van der Waals surface area (Å²) < 4.78 is 16.7. The van der Waals surface area contributed by atoms with Crippen molar-refractivity contribution in [3.63, 3.8) is 0 Å². The minimum absolute atomic E-state index is 0.0988. The van der Waals surface area contributed by atoms with Crippen LogP contribution in [0, 0.1) is 0 Å². The quantitative estimate of drug-likeness (QED) is 0.0263. The van der Waals surface area contributed by atoms with Crippen LogP contribution in [0.4, 0.5) is 0 Å². The zero-order valence-corrected chi connectivity index (χ0v) is 38.8. The van der Waals surface area contributed by atoms with Crippen LogP contribution in [0.3, 0.4) is 0 Å². The number of hydrogen-bond acceptors (Lipinski definition) is 6. The van der Waals surface area contributed by atoms with Crippen LogP contribution in [0.5, 0.6) is 0 Å². The molecule has 0 spiro atoms. The van der Waals surface area contributed by atoms with Crippen LogP contribution in [0.1, 0.15) is 239 Å². The van der Waals surface area contributed by atoms with Crippen molar-refractivity contribution in [2.45, 2.75) is 245 Å². The number of carbonyl (C=O) groups excluding carboxylic acids is 3. The lowest BCUT2D eigenvalue weighted by atomic mass is 10.0. The number of allylic oxidation sites excluding steroid dienone is 10. The van der Waals surface area contributed by atoms with Gasteiger partial charge >= 0.3 is 17.9 Å². The lowest BCUT2D eigenvalue weighted by Gasteiger charge is -2.18. The van der Waals surface area contributed by atoms with E-state index in [1.807, 2.05) is 12.2 Å². The minimum atomic E-state index is -0.802. The van der Waals surface area contributed by atoms with E-state index in [2.05, 4.69) is 69.4 Å². The van der Waals surface area contributed by atoms with E-state index in [0.29, 0.717) is 19.3 Å². The summed E-state index contributed by atoms with van der Waals surface area (Å²) in [5.41, 5.74) is 0. The Kier molecular flexibility index (Phi) is 45.4. The Morgan fingerprint density at radius 2 is 0.695 bits per heavy atom. The normalized spacial score (nSPS) is 12.5. The Labute approximate surface area is 364 Å². The molecule has 0 heterocycles. The standard InChI is InChI=1S/C53H92O6/c1-4-7-10-13-16-19-22-25-28-31-34-37-40-43-46-52(55)58-49-50(48-57-51(54)45-42-39-36-33-30-27-24-21-18-15-12-9-6-3)59-53(56)47-44-41-38-35-32-29-26-23-20-17-14-11-8-5-2/h9,12,18,21-22,25,27,30,36,39,50H,4-8,10-11,13-17,19-20,23-24,26,28-29,31-35,37-38,40-49H2,1-3H3/b12-9-,21-18-,25-22-,30-27-,39-36-. The molecular weight excluding hydrogens is 733 g/mol. The van der Waals surface area contributed by atoms with Gasteiger partial charge < -0.3 is 14.2 Å². The van der Waals surface area contributed by atoms with Crippen LogP contribution in [0.15, 0.2) is 60.8 Å². The third-order valence-electron chi connectivity index (χ3n) is 10.5. The fraction of sp³-hybridized carbons (Fsp3) is 0.755. The minimum Gasteiger partial charge on any atom is -0.462 e. The van der Waals surface area contributed by atoms with Gasteiger partial charge in [0.05, 0.1) is 0 Å². The van der Waals surface area contributed by atoms with Gasteiger partial charge in [0.25, 0.3) is 0 Å². The first-order valence-electron chi connectivity index (χ1n) is 24.8. The summed E-state index contributed by atoms with van der Waals surface area (Å²) in [4.78, 5) is 37.8. The zero-order chi connectivity index (χ0) is 43.0. The van der Waals surface area contributed by atoms with Gasteiger partial charge in [-0.05, 0) is 70.6 Å². The third-order valence-corrected chi connectivity index (χ3v) is 10.5. The van der Waals surface area contributed by atoms with Crippen molar-refractivity contribution in [1.29, 1.82) is 0 Å². The molecule has 0 aliphatic heterocycles. The van der Waals surface area contributed by atoms with E-state index in [1.54, 1.807) is 0 Å². The van der Waals surface area contributed by atoms with E-state index >= 15 is 0 Å². The number of carbonyl (C=O) groups is 3. The second-order valence-electron chi connectivity index (χ2n) is 16.3. The highest BCUT2D eigenvalue weighted by Crippen LogP contribution is 2.15. The first kappa shape index (κ1) is 56.1. The molecule has 6 heteroatoms. The monoisotopic (exact) mass is 825 g/mol. The Bertz CT molecular complexity index is 1090. The Balaban J connectivity index is 4.46. The molecule has 0 bridgehead atoms. The van der Waals surface area contributed by atoms with E-state index < -0.39 is 6.10 Å². The summed E-state index contributed by atoms with van der Waals surface area (Å²) in [7, 11) is 0. The highest BCUT2D eigenvalue weighted by atomic mass is 16.6. The number of esters is 3. The zero-order valence-electron chi connectivity index (χ0n) is 38.8. The van der Waals surface area contributed by atoms with Crippen molar-refractivity contribution in [3.8, 4) is 0 Å². The maximum atomic E-state index is 12.8. The predicted molar refractivity (Wildman–Crippen MR) is 251 cm³/mol. The van der Waals surface area contributed by atoms with Crippen molar-refractivity contribution in [2.75, 3.05) is 13.2 Å². The van der Waals surface area contributed by atoms with E-state index in [1.165, 1.54) is 122 Å². The van der Waals surface area contributed by atoms with Gasteiger partial charge in [-0.3, -0.25) is 14.4 Å². The highest BCUT2D eigenvalue weighted by molar-refractivity contribution is 5.71. The second kappa shape index (κ2) is 47.8. The van der Waals surface area contributed by atoms with Gasteiger partial charge in [-0.2, -0.15) is 0 Å². The Hall–Kier alpha value is -2.89. The van der Waals surface area contributed by atoms with Crippen LogP contribution < -0.4 is 0 Å². The highest BCUT2D eigenvalue weighted by Gasteiger charge is 2.19. The summed E-state index contributed by atoms with van der Waals surface area (Å²) in [6.07, 6.45) is 57.9. The van der Waals surface area contributed by atoms with Crippen molar-refractivity contribution in [2.24, 2.45) is 0 Å². The van der Waals surface area contributed by atoms with Crippen molar-refractivity contribution >= 4 is 17.9 Å². The molecule has 0 fully saturated rings. The van der Waals surface area contributed by atoms with Crippen molar-refractivity contribution in [1.82, 2.24) is 0 Å². The number of hydrogen-bond donors (Lipinski definition) is 0. The third kappa shape index (κ3) is 46.0. The molecule has 0 saturated heterocycles. The topological polar surface area (TPSA) is 78.9 Å². The fourth-order valence-electron chi connectivity index (χ4n) is 6.80. The van der Waals surface area contributed by atoms with E-state index in [4.69, 9.17) is 14.2 Å². The van der Waals surface area contributed by atoms with Gasteiger partial charge in [0.1, 0.15) is 13.2 Å². The van der Waals surface area contributed by atoms with Crippen molar-refractivity contribution in [3.05, 3.63) is 60.8 Å². The first-order chi connectivity index (χ1) is 29.0. The van der Waals surface area contributed by atoms with E-state index in [9.17, 15) is 14.4 Å². The molecule has 0 rings (SSSR count). The Morgan fingerprint density at radius 1 is 0.356 bits per heavy atom. The summed E-state index contributed by atoms with van der Waals surface area (Å²) in [6.45, 7) is 6.44. The first-order valence-corrected chi connectivity index (χ1v) is 24.8. The largest absolute Gasteiger partial charge is 0.462 e. The van der Waals surface area contributed by atoms with Crippen LogP contribution in [-0.2, 0) is 28.6 Å². The summed E-state index contributed by atoms with van der Waals surface area (Å²) >= 11 is 0. The van der Waals surface area contributed by atoms with E-state index in [-0.39, 0.29) is 37.5 Å². The average Bonchev–Trinajstić information content (AvgIpc) is 3.23. The van der Waals surface area contributed by atoms with Crippen LogP contribution >= 0.6 is 0 Å². The second-order valence-corrected chi connectivity index (χ2v) is 16.3. The molecular formula is C53H92O6. The molecule has 340 valence electrons. The summed E-state index contributed by atoms with van der Waals surface area (Å²) in [5.74, 6) is -0.988. The molecule has 0 saturated carbocycles. The van der Waals surface area contributed by atoms with Gasteiger partial charge in [0, 0.05) is 19.3 Å². The molecule has 0 aromatic rings. The molecule has 0 radical (unpaired) electrons. The lowest BCUT2D eigenvalue weighted by molar-refractivity contribution is -0.166. The van der Waals surface area contributed by atoms with Crippen molar-refractivity contribution < 1.29 is 28.6 Å². The lowest BCUT2D eigenvalue weighted by Crippen LogP contribution is -2.30. The molecule has 1 atom stereocenters. The van der Waals surface area contributed by atoms with Crippen LogP contribution in [0.2, 0.25) is 0 Å². The number of unbranched alkanes of at least 4 members (excludes halogenated alkanes) is 23. The number of ether oxygens (including phenoxy) is 3. The fourth-order valence-corrected chi connectivity index (χ4v) is 6.80. The van der Waals surface area contributed by atoms with Crippen LogP contribution in [0.25, 0.3) is 0 Å². The molecule has 0 aliphatic rings. The molecule has 0 N–H and O–H groups in total. The van der Waals surface area contributed by atoms with Crippen LogP contribution in [-0.4, -0.2) is 37.2 Å². The van der Waals surface area contributed by atoms with Gasteiger partial charge in [0.15, 0.2) is 6.10 Å². The predicted octanol–water partition coefficient (Wildman–Crippen LogP) is 16.1. The van der Waals surface area contributed by atoms with Gasteiger partial charge in [0.2, 0.25) is 0 Å². The molecule has 1 unspecified atom stereocenters. The number of rotatable bonds is 44. The molecule has 0 aromatic heterocycles. The maximum Gasteiger partial charge on any atom is 0.306 e. The molecule has 6 nitrogen and oxygen atoms in total. The summed E-state index contributed by atoms with van der Waals surface area (Å²) in [6, 6.07) is 0. The van der Waals surface area contributed by atoms with Gasteiger partial charge in [-0.1, -0.05) is 210 Å².